The number of nitrogens with zero attached hydrogens (tertiary/aromatic N) is 2. The van der Waals surface area contributed by atoms with Gasteiger partial charge in [0, 0.05) is 67.2 Å². The number of rotatable bonds is 1. The fourth-order valence-electron chi connectivity index (χ4n) is 4.26. The lowest BCUT2D eigenvalue weighted by Crippen LogP contribution is -2.36. The van der Waals surface area contributed by atoms with Crippen LogP contribution in [0.15, 0.2) is 60.9 Å². The fourth-order valence-corrected chi connectivity index (χ4v) is 4.26. The largest absolute Gasteiger partial charge is 0.507 e. The molecule has 37 heavy (non-hydrogen) atoms. The number of halogens is 1. The molecule has 0 spiro atoms. The van der Waals surface area contributed by atoms with E-state index in [1.54, 1.807) is 41.6 Å². The van der Waals surface area contributed by atoms with Gasteiger partial charge in [0.1, 0.15) is 11.6 Å². The number of benzene rings is 2. The van der Waals surface area contributed by atoms with Gasteiger partial charge in [-0.25, -0.2) is 4.39 Å². The van der Waals surface area contributed by atoms with Crippen LogP contribution in [0.1, 0.15) is 45.5 Å². The normalized spacial score (nSPS) is 15.5. The van der Waals surface area contributed by atoms with Crippen molar-refractivity contribution in [2.24, 2.45) is 0 Å². The maximum atomic E-state index is 14.7. The van der Waals surface area contributed by atoms with Crippen LogP contribution < -0.4 is 10.6 Å². The van der Waals surface area contributed by atoms with Crippen LogP contribution >= 0.6 is 0 Å². The Morgan fingerprint density at radius 2 is 1.68 bits per heavy atom. The second-order valence-corrected chi connectivity index (χ2v) is 8.89. The molecule has 0 saturated heterocycles. The molecule has 1 aromatic heterocycles. The van der Waals surface area contributed by atoms with Crippen LogP contribution in [-0.2, 0) is 11.2 Å². The maximum Gasteiger partial charge on any atom is 0.253 e. The quantitative estimate of drug-likeness (QED) is 0.471. The summed E-state index contributed by atoms with van der Waals surface area (Å²) < 4.78 is 14.7. The number of fused-ring (bicyclic) bond motifs is 5. The molecular formula is C28H29FN4O4. The molecule has 1 aliphatic rings. The molecule has 0 radical (unpaired) electrons. The van der Waals surface area contributed by atoms with Crippen LogP contribution in [0.5, 0.6) is 5.75 Å². The van der Waals surface area contributed by atoms with Gasteiger partial charge in [0.05, 0.1) is 0 Å². The number of aromatic hydroxyl groups is 1. The molecule has 3 amide bonds. The highest BCUT2D eigenvalue weighted by Gasteiger charge is 2.18. The second-order valence-electron chi connectivity index (χ2n) is 8.89. The first-order chi connectivity index (χ1) is 17.9. The van der Waals surface area contributed by atoms with E-state index in [2.05, 4.69) is 15.6 Å². The van der Waals surface area contributed by atoms with E-state index in [9.17, 15) is 23.9 Å². The zero-order chi connectivity index (χ0) is 26.2. The molecule has 3 N–H and O–H groups in total. The Hall–Kier alpha value is -4.27. The molecule has 0 atom stereocenters. The molecule has 0 unspecified atom stereocenters. The Bertz CT molecular complexity index is 1280. The summed E-state index contributed by atoms with van der Waals surface area (Å²) >= 11 is 0. The highest BCUT2D eigenvalue weighted by Crippen LogP contribution is 2.33. The number of pyridine rings is 1. The van der Waals surface area contributed by atoms with E-state index in [1.165, 1.54) is 24.3 Å². The van der Waals surface area contributed by atoms with E-state index in [4.69, 9.17) is 0 Å². The summed E-state index contributed by atoms with van der Waals surface area (Å²) in [7, 11) is 0. The lowest BCUT2D eigenvalue weighted by atomic mass is 9.98. The van der Waals surface area contributed by atoms with Crippen LogP contribution in [0.3, 0.4) is 0 Å². The van der Waals surface area contributed by atoms with E-state index in [1.807, 2.05) is 0 Å². The Morgan fingerprint density at radius 1 is 0.892 bits per heavy atom. The Labute approximate surface area is 214 Å². The van der Waals surface area contributed by atoms with Gasteiger partial charge < -0.3 is 20.6 Å². The first kappa shape index (κ1) is 25.8. The molecule has 9 heteroatoms. The summed E-state index contributed by atoms with van der Waals surface area (Å²) in [5.41, 5.74) is 1.96. The predicted octanol–water partition coefficient (Wildman–Crippen LogP) is 3.31. The third kappa shape index (κ3) is 6.69. The van der Waals surface area contributed by atoms with Crippen LogP contribution in [0.2, 0.25) is 0 Å². The third-order valence-electron chi connectivity index (χ3n) is 6.25. The van der Waals surface area contributed by atoms with Crippen molar-refractivity contribution in [3.8, 4) is 16.9 Å². The Kier molecular flexibility index (Phi) is 8.45. The van der Waals surface area contributed by atoms with E-state index in [0.717, 1.165) is 5.56 Å². The first-order valence-corrected chi connectivity index (χ1v) is 12.3. The van der Waals surface area contributed by atoms with Crippen LogP contribution in [-0.4, -0.2) is 58.9 Å². The molecule has 0 fully saturated rings. The summed E-state index contributed by atoms with van der Waals surface area (Å²) in [4.78, 5) is 43.8. The molecule has 192 valence electrons. The van der Waals surface area contributed by atoms with Crippen molar-refractivity contribution in [2.45, 2.75) is 25.7 Å². The number of phenols is 1. The lowest BCUT2D eigenvalue weighted by Gasteiger charge is -2.23. The van der Waals surface area contributed by atoms with Crippen molar-refractivity contribution in [3.05, 3.63) is 83.4 Å². The topological polar surface area (TPSA) is 112 Å². The molecule has 2 heterocycles. The monoisotopic (exact) mass is 504 g/mol. The average molecular weight is 505 g/mol. The van der Waals surface area contributed by atoms with Gasteiger partial charge in [-0.2, -0.15) is 0 Å². The molecule has 0 saturated carbocycles. The lowest BCUT2D eigenvalue weighted by molar-refractivity contribution is -0.121. The van der Waals surface area contributed by atoms with E-state index in [0.29, 0.717) is 51.0 Å². The number of phenolic OH excluding ortho intramolecular Hbond substituents is 1. The Balaban J connectivity index is 1.56. The summed E-state index contributed by atoms with van der Waals surface area (Å²) in [6.07, 6.45) is 4.83. The zero-order valence-electron chi connectivity index (χ0n) is 20.4. The van der Waals surface area contributed by atoms with Crippen LogP contribution in [0.25, 0.3) is 11.1 Å². The minimum atomic E-state index is -0.562. The number of amides is 3. The molecule has 8 nitrogen and oxygen atoms in total. The summed E-state index contributed by atoms with van der Waals surface area (Å²) in [5.74, 6) is -1.33. The van der Waals surface area contributed by atoms with Crippen molar-refractivity contribution in [1.29, 1.82) is 0 Å². The average Bonchev–Trinajstić information content (AvgIpc) is 2.91. The second kappa shape index (κ2) is 12.1. The van der Waals surface area contributed by atoms with Crippen LogP contribution in [0.4, 0.5) is 4.39 Å². The van der Waals surface area contributed by atoms with Gasteiger partial charge in [-0.05, 0) is 67.3 Å². The molecule has 2 aromatic carbocycles. The van der Waals surface area contributed by atoms with Gasteiger partial charge in [-0.3, -0.25) is 19.4 Å². The standard InChI is InChI=1S/C28H29FN4O4/c29-24-6-5-21-18-22(24)23-17-19(4-7-25(23)34)8-14-31-26(35)3-1-15-33(16-2-11-32-27(21)36)28(37)20-9-12-30-13-10-20/h4-7,9-10,12-13,17-18,34H,1-3,8,11,14-16H2,(H,31,35)(H,32,36). The smallest absolute Gasteiger partial charge is 0.253 e. The first-order valence-electron chi connectivity index (χ1n) is 12.3. The van der Waals surface area contributed by atoms with Gasteiger partial charge in [0.2, 0.25) is 5.91 Å². The van der Waals surface area contributed by atoms with E-state index in [-0.39, 0.29) is 46.6 Å². The number of nitrogens with one attached hydrogen (secondary N) is 2. The molecule has 4 rings (SSSR count). The minimum Gasteiger partial charge on any atom is -0.507 e. The van der Waals surface area contributed by atoms with Gasteiger partial charge >= 0.3 is 0 Å². The van der Waals surface area contributed by atoms with Crippen molar-refractivity contribution in [3.63, 3.8) is 0 Å². The number of carbonyl (C=O) groups is 3. The maximum absolute atomic E-state index is 14.7. The summed E-state index contributed by atoms with van der Waals surface area (Å²) in [5, 5.41) is 16.1. The van der Waals surface area contributed by atoms with Gasteiger partial charge in [-0.15, -0.1) is 0 Å². The van der Waals surface area contributed by atoms with Crippen molar-refractivity contribution in [1.82, 2.24) is 20.5 Å². The summed E-state index contributed by atoms with van der Waals surface area (Å²) in [6, 6.07) is 12.2. The van der Waals surface area contributed by atoms with E-state index < -0.39 is 5.82 Å². The number of hydrogen-bond donors (Lipinski definition) is 3. The minimum absolute atomic E-state index is 0.103. The molecule has 0 aliphatic carbocycles. The van der Waals surface area contributed by atoms with Crippen LogP contribution in [0, 0.1) is 5.82 Å². The van der Waals surface area contributed by atoms with Gasteiger partial charge in [0.15, 0.2) is 0 Å². The Morgan fingerprint density at radius 3 is 2.49 bits per heavy atom. The number of hydrogen-bond acceptors (Lipinski definition) is 5. The molecule has 4 bridgehead atoms. The molecule has 3 aromatic rings. The van der Waals surface area contributed by atoms with Crippen molar-refractivity contribution >= 4 is 17.7 Å². The highest BCUT2D eigenvalue weighted by atomic mass is 19.1. The molecular weight excluding hydrogens is 475 g/mol. The number of aromatic nitrogens is 1. The van der Waals surface area contributed by atoms with E-state index >= 15 is 0 Å². The van der Waals surface area contributed by atoms with Crippen molar-refractivity contribution in [2.75, 3.05) is 26.2 Å². The van der Waals surface area contributed by atoms with Gasteiger partial charge in [0.25, 0.3) is 11.8 Å². The van der Waals surface area contributed by atoms with Crippen molar-refractivity contribution < 1.29 is 23.9 Å². The zero-order valence-corrected chi connectivity index (χ0v) is 20.4. The number of carbonyl (C=O) groups excluding carboxylic acids is 3. The predicted molar refractivity (Wildman–Crippen MR) is 137 cm³/mol. The highest BCUT2D eigenvalue weighted by molar-refractivity contribution is 5.96. The SMILES string of the molecule is O=C1CCCN(C(=O)c2ccncc2)CCCNC(=O)c2ccc(F)c(c2)-c2cc(ccc2O)CCN1. The third-order valence-corrected chi connectivity index (χ3v) is 6.25. The summed E-state index contributed by atoms with van der Waals surface area (Å²) in [6.45, 7) is 1.45. The molecule has 1 aliphatic heterocycles. The fraction of sp³-hybridized carbons (Fsp3) is 0.286. The van der Waals surface area contributed by atoms with Gasteiger partial charge in [-0.1, -0.05) is 6.07 Å².